The Hall–Kier alpha value is -1.17. The van der Waals surface area contributed by atoms with E-state index in [1.54, 1.807) is 11.3 Å². The van der Waals surface area contributed by atoms with Crippen molar-refractivity contribution in [2.45, 2.75) is 19.1 Å². The second-order valence-corrected chi connectivity index (χ2v) is 5.29. The standard InChI is InChI=1S/C12H14N2O2S/c15-10-3-4-14(8-10)7-9-6-11(16-13-9)12-2-1-5-17-12/h1-2,5-6,10,15H,3-4,7-8H2/t10-/m0/s1. The summed E-state index contributed by atoms with van der Waals surface area (Å²) in [6, 6.07) is 6.00. The number of aromatic nitrogens is 1. The molecule has 3 heterocycles. The number of likely N-dealkylation sites (tertiary alicyclic amines) is 1. The highest BCUT2D eigenvalue weighted by Crippen LogP contribution is 2.25. The van der Waals surface area contributed by atoms with Gasteiger partial charge in [-0.25, -0.2) is 0 Å². The number of hydrogen-bond acceptors (Lipinski definition) is 5. The molecule has 1 saturated heterocycles. The zero-order valence-electron chi connectivity index (χ0n) is 9.37. The summed E-state index contributed by atoms with van der Waals surface area (Å²) in [4.78, 5) is 3.30. The summed E-state index contributed by atoms with van der Waals surface area (Å²) in [5.41, 5.74) is 0.933. The molecule has 2 aromatic rings. The van der Waals surface area contributed by atoms with Crippen LogP contribution in [0.2, 0.25) is 0 Å². The van der Waals surface area contributed by atoms with E-state index in [0.717, 1.165) is 42.4 Å². The number of thiophene rings is 1. The average molecular weight is 250 g/mol. The summed E-state index contributed by atoms with van der Waals surface area (Å²) in [5.74, 6) is 0.828. The molecule has 3 rings (SSSR count). The molecule has 1 aliphatic heterocycles. The van der Waals surface area contributed by atoms with Crippen LogP contribution in [0.25, 0.3) is 10.6 Å². The Labute approximate surface area is 103 Å². The number of aliphatic hydroxyl groups is 1. The van der Waals surface area contributed by atoms with Crippen LogP contribution in [0.3, 0.4) is 0 Å². The fourth-order valence-electron chi connectivity index (χ4n) is 2.11. The Morgan fingerprint density at radius 2 is 2.53 bits per heavy atom. The minimum atomic E-state index is -0.182. The zero-order valence-corrected chi connectivity index (χ0v) is 10.2. The molecule has 1 atom stereocenters. The van der Waals surface area contributed by atoms with E-state index in [2.05, 4.69) is 10.1 Å². The number of aliphatic hydroxyl groups excluding tert-OH is 1. The third-order valence-electron chi connectivity index (χ3n) is 2.96. The lowest BCUT2D eigenvalue weighted by Gasteiger charge is -2.11. The molecule has 0 aromatic carbocycles. The van der Waals surface area contributed by atoms with E-state index in [0.29, 0.717) is 0 Å². The van der Waals surface area contributed by atoms with Crippen molar-refractivity contribution in [3.05, 3.63) is 29.3 Å². The van der Waals surface area contributed by atoms with Gasteiger partial charge in [0.1, 0.15) is 0 Å². The van der Waals surface area contributed by atoms with Crippen molar-refractivity contribution in [2.75, 3.05) is 13.1 Å². The quantitative estimate of drug-likeness (QED) is 0.904. The summed E-state index contributed by atoms with van der Waals surface area (Å²) < 4.78 is 5.32. The molecule has 1 aliphatic rings. The van der Waals surface area contributed by atoms with Gasteiger partial charge in [-0.15, -0.1) is 11.3 Å². The highest BCUT2D eigenvalue weighted by Gasteiger charge is 2.21. The average Bonchev–Trinajstić information content (AvgIpc) is 3.00. The minimum absolute atomic E-state index is 0.182. The SMILES string of the molecule is O[C@H]1CCN(Cc2cc(-c3cccs3)on2)C1. The van der Waals surface area contributed by atoms with E-state index in [1.807, 2.05) is 23.6 Å². The highest BCUT2D eigenvalue weighted by molar-refractivity contribution is 7.13. The molecule has 90 valence electrons. The van der Waals surface area contributed by atoms with Crippen molar-refractivity contribution in [2.24, 2.45) is 0 Å². The molecule has 0 saturated carbocycles. The molecule has 0 unspecified atom stereocenters. The van der Waals surface area contributed by atoms with E-state index >= 15 is 0 Å². The predicted molar refractivity (Wildman–Crippen MR) is 65.7 cm³/mol. The van der Waals surface area contributed by atoms with Crippen LogP contribution in [0.5, 0.6) is 0 Å². The van der Waals surface area contributed by atoms with Gasteiger partial charge in [-0.1, -0.05) is 11.2 Å². The summed E-state index contributed by atoms with van der Waals surface area (Å²) in [7, 11) is 0. The van der Waals surface area contributed by atoms with Crippen molar-refractivity contribution in [3.8, 4) is 10.6 Å². The summed E-state index contributed by atoms with van der Waals surface area (Å²) in [6.07, 6.45) is 0.675. The molecule has 0 spiro atoms. The van der Waals surface area contributed by atoms with Crippen LogP contribution < -0.4 is 0 Å². The van der Waals surface area contributed by atoms with E-state index in [9.17, 15) is 5.11 Å². The van der Waals surface area contributed by atoms with Gasteiger partial charge in [-0.05, 0) is 17.9 Å². The Morgan fingerprint density at radius 3 is 3.24 bits per heavy atom. The lowest BCUT2D eigenvalue weighted by atomic mass is 10.3. The van der Waals surface area contributed by atoms with Crippen molar-refractivity contribution < 1.29 is 9.63 Å². The molecule has 1 N–H and O–H groups in total. The van der Waals surface area contributed by atoms with E-state index in [-0.39, 0.29) is 6.10 Å². The maximum Gasteiger partial charge on any atom is 0.177 e. The van der Waals surface area contributed by atoms with Crippen LogP contribution in [0, 0.1) is 0 Å². The maximum absolute atomic E-state index is 9.45. The predicted octanol–water partition coefficient (Wildman–Crippen LogP) is 1.97. The van der Waals surface area contributed by atoms with Crippen molar-refractivity contribution in [3.63, 3.8) is 0 Å². The number of β-amino-alcohol motifs (C(OH)–C–C–N with tert-alkyl or cyclic N) is 1. The van der Waals surface area contributed by atoms with Crippen LogP contribution >= 0.6 is 11.3 Å². The first-order valence-electron chi connectivity index (χ1n) is 5.71. The molecule has 0 radical (unpaired) electrons. The second kappa shape index (κ2) is 4.60. The molecule has 17 heavy (non-hydrogen) atoms. The van der Waals surface area contributed by atoms with Crippen LogP contribution in [0.4, 0.5) is 0 Å². The van der Waals surface area contributed by atoms with E-state index in [4.69, 9.17) is 4.52 Å². The number of rotatable bonds is 3. The summed E-state index contributed by atoms with van der Waals surface area (Å²) in [5, 5.41) is 15.5. The van der Waals surface area contributed by atoms with Gasteiger partial charge in [-0.3, -0.25) is 4.90 Å². The number of hydrogen-bond donors (Lipinski definition) is 1. The normalized spacial score (nSPS) is 21.1. The van der Waals surface area contributed by atoms with Gasteiger partial charge in [0.15, 0.2) is 5.76 Å². The molecule has 0 aliphatic carbocycles. The lowest BCUT2D eigenvalue weighted by Crippen LogP contribution is -2.21. The maximum atomic E-state index is 9.45. The van der Waals surface area contributed by atoms with Gasteiger partial charge in [0.25, 0.3) is 0 Å². The molecular weight excluding hydrogens is 236 g/mol. The van der Waals surface area contributed by atoms with Crippen molar-refractivity contribution >= 4 is 11.3 Å². The van der Waals surface area contributed by atoms with Gasteiger partial charge >= 0.3 is 0 Å². The van der Waals surface area contributed by atoms with Crippen LogP contribution in [-0.2, 0) is 6.54 Å². The fraction of sp³-hybridized carbons (Fsp3) is 0.417. The van der Waals surface area contributed by atoms with Gasteiger partial charge in [-0.2, -0.15) is 0 Å². The van der Waals surface area contributed by atoms with Gasteiger partial charge in [0, 0.05) is 25.7 Å². The Bertz CT molecular complexity index is 480. The zero-order chi connectivity index (χ0) is 11.7. The lowest BCUT2D eigenvalue weighted by molar-refractivity contribution is 0.174. The van der Waals surface area contributed by atoms with Crippen molar-refractivity contribution in [1.82, 2.24) is 10.1 Å². The second-order valence-electron chi connectivity index (χ2n) is 4.34. The molecule has 5 heteroatoms. The minimum Gasteiger partial charge on any atom is -0.392 e. The topological polar surface area (TPSA) is 49.5 Å². The van der Waals surface area contributed by atoms with E-state index in [1.165, 1.54) is 0 Å². The fourth-order valence-corrected chi connectivity index (χ4v) is 2.78. The first-order chi connectivity index (χ1) is 8.31. The highest BCUT2D eigenvalue weighted by atomic mass is 32.1. The van der Waals surface area contributed by atoms with E-state index < -0.39 is 0 Å². The van der Waals surface area contributed by atoms with Crippen molar-refractivity contribution in [1.29, 1.82) is 0 Å². The third-order valence-corrected chi connectivity index (χ3v) is 3.84. The Morgan fingerprint density at radius 1 is 1.59 bits per heavy atom. The summed E-state index contributed by atoms with van der Waals surface area (Å²) in [6.45, 7) is 2.43. The van der Waals surface area contributed by atoms with Crippen LogP contribution in [-0.4, -0.2) is 34.4 Å². The van der Waals surface area contributed by atoms with Gasteiger partial charge in [0.05, 0.1) is 16.7 Å². The first-order valence-corrected chi connectivity index (χ1v) is 6.59. The van der Waals surface area contributed by atoms with Crippen LogP contribution in [0.15, 0.2) is 28.1 Å². The largest absolute Gasteiger partial charge is 0.392 e. The van der Waals surface area contributed by atoms with Gasteiger partial charge in [0.2, 0.25) is 0 Å². The molecule has 2 aromatic heterocycles. The smallest absolute Gasteiger partial charge is 0.177 e. The van der Waals surface area contributed by atoms with Crippen LogP contribution in [0.1, 0.15) is 12.1 Å². The molecule has 4 nitrogen and oxygen atoms in total. The van der Waals surface area contributed by atoms with Gasteiger partial charge < -0.3 is 9.63 Å². The summed E-state index contributed by atoms with van der Waals surface area (Å²) >= 11 is 1.65. The third kappa shape index (κ3) is 2.41. The molecular formula is C12H14N2O2S. The Kier molecular flexibility index (Phi) is 2.96. The molecule has 0 amide bonds. The monoisotopic (exact) mass is 250 g/mol. The molecule has 0 bridgehead atoms. The first kappa shape index (κ1) is 11.0. The Balaban J connectivity index is 1.69. The number of nitrogens with zero attached hydrogens (tertiary/aromatic N) is 2. The molecule has 1 fully saturated rings.